The fourth-order valence-electron chi connectivity index (χ4n) is 5.30. The Hall–Kier alpha value is -3.26. The molecule has 32 heavy (non-hydrogen) atoms. The van der Waals surface area contributed by atoms with Gasteiger partial charge in [-0.05, 0) is 57.9 Å². The number of hydrogen-bond donors (Lipinski definition) is 0. The largest absolute Gasteiger partial charge is 0.367 e. The molecule has 8 nitrogen and oxygen atoms in total. The summed E-state index contributed by atoms with van der Waals surface area (Å²) in [7, 11) is 0. The van der Waals surface area contributed by atoms with E-state index in [1.165, 1.54) is 19.4 Å². The number of aryl methyl sites for hydroxylation is 3. The maximum Gasteiger partial charge on any atom is 0.258 e. The third-order valence-corrected chi connectivity index (χ3v) is 6.91. The van der Waals surface area contributed by atoms with E-state index in [4.69, 9.17) is 4.98 Å². The number of rotatable bonds is 2. The zero-order valence-corrected chi connectivity index (χ0v) is 18.7. The van der Waals surface area contributed by atoms with Crippen molar-refractivity contribution < 1.29 is 0 Å². The number of hydrogen-bond acceptors (Lipinski definition) is 6. The molecule has 0 unspecified atom stereocenters. The minimum absolute atomic E-state index is 0.0856. The van der Waals surface area contributed by atoms with E-state index in [0.717, 1.165) is 47.8 Å². The third kappa shape index (κ3) is 3.09. The van der Waals surface area contributed by atoms with Gasteiger partial charge >= 0.3 is 0 Å². The minimum Gasteiger partial charge on any atom is -0.367 e. The molecule has 6 heterocycles. The number of aromatic nitrogens is 5. The van der Waals surface area contributed by atoms with Gasteiger partial charge in [-0.15, -0.1) is 0 Å². The smallest absolute Gasteiger partial charge is 0.258 e. The first-order chi connectivity index (χ1) is 15.5. The van der Waals surface area contributed by atoms with Crippen LogP contribution < -0.4 is 10.5 Å². The first-order valence-electron chi connectivity index (χ1n) is 11.3. The summed E-state index contributed by atoms with van der Waals surface area (Å²) in [6, 6.07) is 6.33. The summed E-state index contributed by atoms with van der Waals surface area (Å²) in [4.78, 5) is 27.5. The van der Waals surface area contributed by atoms with E-state index in [9.17, 15) is 4.79 Å². The Morgan fingerprint density at radius 2 is 1.84 bits per heavy atom. The predicted octanol–water partition coefficient (Wildman–Crippen LogP) is 2.61. The Kier molecular flexibility index (Phi) is 4.33. The van der Waals surface area contributed by atoms with Crippen LogP contribution in [-0.2, 0) is 0 Å². The summed E-state index contributed by atoms with van der Waals surface area (Å²) in [5.41, 5.74) is 6.69. The summed E-state index contributed by atoms with van der Waals surface area (Å²) in [5.74, 6) is 0. The molecule has 4 aromatic heterocycles. The van der Waals surface area contributed by atoms with Gasteiger partial charge in [-0.1, -0.05) is 0 Å². The van der Waals surface area contributed by atoms with Crippen LogP contribution in [0.1, 0.15) is 29.8 Å². The van der Waals surface area contributed by atoms with Crippen LogP contribution in [0.4, 0.5) is 5.69 Å². The Labute approximate surface area is 186 Å². The van der Waals surface area contributed by atoms with Crippen molar-refractivity contribution in [2.24, 2.45) is 0 Å². The minimum atomic E-state index is -0.0856. The quantitative estimate of drug-likeness (QED) is 0.488. The van der Waals surface area contributed by atoms with Gasteiger partial charge in [-0.2, -0.15) is 5.10 Å². The van der Waals surface area contributed by atoms with Crippen LogP contribution in [0.25, 0.3) is 22.6 Å². The molecule has 8 heteroatoms. The Bertz CT molecular complexity index is 1420. The lowest BCUT2D eigenvalue weighted by Gasteiger charge is -2.39. The first kappa shape index (κ1) is 19.4. The lowest BCUT2D eigenvalue weighted by Crippen LogP contribution is -2.50. The molecule has 6 rings (SSSR count). The molecule has 0 spiro atoms. The van der Waals surface area contributed by atoms with E-state index < -0.39 is 0 Å². The number of nitrogens with zero attached hydrogens (tertiary/aromatic N) is 7. The maximum atomic E-state index is 13.1. The maximum absolute atomic E-state index is 13.1. The highest BCUT2D eigenvalue weighted by atomic mass is 16.1. The lowest BCUT2D eigenvalue weighted by atomic mass is 10.1. The van der Waals surface area contributed by atoms with E-state index in [1.54, 1.807) is 10.5 Å². The Morgan fingerprint density at radius 1 is 0.969 bits per heavy atom. The summed E-state index contributed by atoms with van der Waals surface area (Å²) >= 11 is 0. The van der Waals surface area contributed by atoms with Gasteiger partial charge in [-0.25, -0.2) is 9.50 Å². The molecule has 4 aromatic rings. The van der Waals surface area contributed by atoms with Crippen molar-refractivity contribution in [2.45, 2.75) is 39.7 Å². The van der Waals surface area contributed by atoms with Gasteiger partial charge in [0.25, 0.3) is 5.56 Å². The number of fused-ring (bicyclic) bond motifs is 3. The fraction of sp³-hybridized carbons (Fsp3) is 0.417. The molecule has 2 aliphatic heterocycles. The molecule has 2 aliphatic rings. The normalized spacial score (nSPS) is 19.2. The summed E-state index contributed by atoms with van der Waals surface area (Å²) in [6.07, 6.45) is 6.40. The second kappa shape index (κ2) is 7.13. The molecule has 2 fully saturated rings. The second-order valence-corrected chi connectivity index (χ2v) is 9.16. The van der Waals surface area contributed by atoms with Crippen LogP contribution in [0.3, 0.4) is 0 Å². The molecule has 1 atom stereocenters. The topological polar surface area (TPSA) is 71.0 Å². The van der Waals surface area contributed by atoms with E-state index in [0.29, 0.717) is 23.1 Å². The van der Waals surface area contributed by atoms with Crippen molar-refractivity contribution >= 4 is 16.9 Å². The van der Waals surface area contributed by atoms with E-state index in [-0.39, 0.29) is 5.56 Å². The molecule has 0 radical (unpaired) electrons. The van der Waals surface area contributed by atoms with Gasteiger partial charge in [0, 0.05) is 37.9 Å². The van der Waals surface area contributed by atoms with E-state index in [1.807, 2.05) is 43.7 Å². The average Bonchev–Trinajstić information content (AvgIpc) is 3.40. The van der Waals surface area contributed by atoms with Crippen LogP contribution in [-0.4, -0.2) is 61.1 Å². The fourth-order valence-corrected chi connectivity index (χ4v) is 5.30. The standard InChI is InChI=1S/C24H27N7O/c1-15-9-19(29-8-7-28-6-4-5-18(28)13-29)14-30-23(32)11-20(26-24(15)30)21-10-22-17(3)25-16(2)12-31(22)27-21/h9-12,14,18H,4-8,13H2,1-3H3/t18-/m1/s1. The summed E-state index contributed by atoms with van der Waals surface area (Å²) in [6.45, 7) is 10.3. The van der Waals surface area contributed by atoms with Crippen molar-refractivity contribution in [1.29, 1.82) is 0 Å². The molecule has 0 N–H and O–H groups in total. The predicted molar refractivity (Wildman–Crippen MR) is 124 cm³/mol. The monoisotopic (exact) mass is 429 g/mol. The number of anilines is 1. The van der Waals surface area contributed by atoms with Gasteiger partial charge in [-0.3, -0.25) is 19.1 Å². The van der Waals surface area contributed by atoms with E-state index >= 15 is 0 Å². The number of pyridine rings is 1. The molecule has 0 aliphatic carbocycles. The van der Waals surface area contributed by atoms with Gasteiger partial charge in [0.1, 0.15) is 11.3 Å². The molecule has 0 aromatic carbocycles. The van der Waals surface area contributed by atoms with Gasteiger partial charge in [0.2, 0.25) is 0 Å². The molecular formula is C24H27N7O. The van der Waals surface area contributed by atoms with Crippen molar-refractivity contribution in [2.75, 3.05) is 31.1 Å². The molecule has 0 bridgehead atoms. The van der Waals surface area contributed by atoms with Crippen molar-refractivity contribution in [3.05, 3.63) is 57.9 Å². The van der Waals surface area contributed by atoms with Gasteiger partial charge in [0.15, 0.2) is 0 Å². The van der Waals surface area contributed by atoms with Gasteiger partial charge < -0.3 is 4.90 Å². The molecule has 164 valence electrons. The van der Waals surface area contributed by atoms with Crippen LogP contribution >= 0.6 is 0 Å². The average molecular weight is 430 g/mol. The second-order valence-electron chi connectivity index (χ2n) is 9.16. The van der Waals surface area contributed by atoms with Crippen molar-refractivity contribution in [3.63, 3.8) is 0 Å². The highest BCUT2D eigenvalue weighted by Gasteiger charge is 2.30. The van der Waals surface area contributed by atoms with Crippen LogP contribution in [0.5, 0.6) is 0 Å². The summed E-state index contributed by atoms with van der Waals surface area (Å²) < 4.78 is 3.50. The number of piperazine rings is 1. The highest BCUT2D eigenvalue weighted by molar-refractivity contribution is 5.67. The van der Waals surface area contributed by atoms with Crippen LogP contribution in [0.15, 0.2) is 35.4 Å². The van der Waals surface area contributed by atoms with E-state index in [2.05, 4.69) is 25.9 Å². The summed E-state index contributed by atoms with van der Waals surface area (Å²) in [5, 5.41) is 4.66. The van der Waals surface area contributed by atoms with Crippen LogP contribution in [0, 0.1) is 20.8 Å². The SMILES string of the molecule is Cc1cn2nc(-c3cc(=O)n4cc(N5CCN6CCC[C@@H]6C5)cc(C)c4n3)cc2c(C)n1. The van der Waals surface area contributed by atoms with Crippen molar-refractivity contribution in [1.82, 2.24) is 28.9 Å². The van der Waals surface area contributed by atoms with Crippen LogP contribution in [0.2, 0.25) is 0 Å². The molecule has 0 amide bonds. The molecule has 0 saturated carbocycles. The van der Waals surface area contributed by atoms with Gasteiger partial charge in [0.05, 0.1) is 34.5 Å². The highest BCUT2D eigenvalue weighted by Crippen LogP contribution is 2.27. The molecule has 2 saturated heterocycles. The first-order valence-corrected chi connectivity index (χ1v) is 11.3. The zero-order chi connectivity index (χ0) is 22.0. The van der Waals surface area contributed by atoms with Crippen molar-refractivity contribution in [3.8, 4) is 11.4 Å². The lowest BCUT2D eigenvalue weighted by molar-refractivity contribution is 0.231. The third-order valence-electron chi connectivity index (χ3n) is 6.91. The Balaban J connectivity index is 1.41. The molecular weight excluding hydrogens is 402 g/mol. The zero-order valence-electron chi connectivity index (χ0n) is 18.7. The Morgan fingerprint density at radius 3 is 2.72 bits per heavy atom.